The SMILES string of the molecule is CC(C)C(O)CC(=O)NCc1ccc(=O)[nH]c1. The molecule has 0 fully saturated rings. The molecule has 0 radical (unpaired) electrons. The van der Waals surface area contributed by atoms with Crippen molar-refractivity contribution < 1.29 is 9.90 Å². The number of amides is 1. The van der Waals surface area contributed by atoms with Crippen LogP contribution in [0.5, 0.6) is 0 Å². The van der Waals surface area contributed by atoms with Gasteiger partial charge in [-0.2, -0.15) is 0 Å². The summed E-state index contributed by atoms with van der Waals surface area (Å²) in [5.41, 5.74) is 0.646. The molecule has 17 heavy (non-hydrogen) atoms. The Kier molecular flexibility index (Phi) is 4.90. The van der Waals surface area contributed by atoms with E-state index in [1.165, 1.54) is 6.07 Å². The summed E-state index contributed by atoms with van der Waals surface area (Å²) in [4.78, 5) is 24.8. The van der Waals surface area contributed by atoms with Gasteiger partial charge >= 0.3 is 0 Å². The van der Waals surface area contributed by atoms with E-state index in [0.29, 0.717) is 6.54 Å². The summed E-state index contributed by atoms with van der Waals surface area (Å²) in [5, 5.41) is 12.2. The lowest BCUT2D eigenvalue weighted by atomic mass is 10.0. The van der Waals surface area contributed by atoms with Gasteiger partial charge in [0, 0.05) is 18.8 Å². The summed E-state index contributed by atoms with van der Waals surface area (Å²) >= 11 is 0. The van der Waals surface area contributed by atoms with Gasteiger partial charge in [0.2, 0.25) is 11.5 Å². The molecule has 1 atom stereocenters. The Balaban J connectivity index is 2.38. The Bertz CT molecular complexity index is 406. The molecule has 1 aromatic rings. The Morgan fingerprint density at radius 1 is 1.47 bits per heavy atom. The molecule has 1 unspecified atom stereocenters. The molecule has 5 nitrogen and oxygen atoms in total. The average Bonchev–Trinajstić information content (AvgIpc) is 2.28. The zero-order valence-corrected chi connectivity index (χ0v) is 10.1. The number of carbonyl (C=O) groups excluding carboxylic acids is 1. The van der Waals surface area contributed by atoms with Crippen LogP contribution in [-0.4, -0.2) is 22.1 Å². The van der Waals surface area contributed by atoms with Gasteiger partial charge < -0.3 is 15.4 Å². The molecule has 1 aromatic heterocycles. The topological polar surface area (TPSA) is 82.2 Å². The van der Waals surface area contributed by atoms with Gasteiger partial charge in [0.1, 0.15) is 0 Å². The molecule has 0 aliphatic rings. The molecule has 5 heteroatoms. The number of H-pyrrole nitrogens is 1. The zero-order chi connectivity index (χ0) is 12.8. The molecule has 0 aromatic carbocycles. The maximum Gasteiger partial charge on any atom is 0.247 e. The third kappa shape index (κ3) is 4.82. The number of hydrogen-bond acceptors (Lipinski definition) is 3. The second-order valence-corrected chi connectivity index (χ2v) is 4.35. The van der Waals surface area contributed by atoms with Crippen molar-refractivity contribution in [3.63, 3.8) is 0 Å². The van der Waals surface area contributed by atoms with Gasteiger partial charge in [0.15, 0.2) is 0 Å². The van der Waals surface area contributed by atoms with Crippen LogP contribution in [0.15, 0.2) is 23.1 Å². The van der Waals surface area contributed by atoms with Crippen molar-refractivity contribution in [2.24, 2.45) is 5.92 Å². The molecule has 94 valence electrons. The third-order valence-corrected chi connectivity index (χ3v) is 2.50. The molecule has 0 saturated heterocycles. The van der Waals surface area contributed by atoms with Gasteiger partial charge in [-0.3, -0.25) is 9.59 Å². The van der Waals surface area contributed by atoms with Crippen molar-refractivity contribution >= 4 is 5.91 Å². The standard InChI is InChI=1S/C12H18N2O3/c1-8(2)10(15)5-12(17)14-7-9-3-4-11(16)13-6-9/h3-4,6,8,10,15H,5,7H2,1-2H3,(H,13,16)(H,14,17). The second-order valence-electron chi connectivity index (χ2n) is 4.35. The van der Waals surface area contributed by atoms with E-state index in [-0.39, 0.29) is 23.8 Å². The fraction of sp³-hybridized carbons (Fsp3) is 0.500. The number of aromatic nitrogens is 1. The number of carbonyl (C=O) groups is 1. The highest BCUT2D eigenvalue weighted by molar-refractivity contribution is 5.76. The number of rotatable bonds is 5. The van der Waals surface area contributed by atoms with Crippen LogP contribution < -0.4 is 10.9 Å². The largest absolute Gasteiger partial charge is 0.392 e. The van der Waals surface area contributed by atoms with Crippen LogP contribution in [0, 0.1) is 5.92 Å². The number of aliphatic hydroxyl groups excluding tert-OH is 1. The summed E-state index contributed by atoms with van der Waals surface area (Å²) in [7, 11) is 0. The van der Waals surface area contributed by atoms with Crippen LogP contribution >= 0.6 is 0 Å². The molecule has 1 heterocycles. The normalized spacial score (nSPS) is 12.5. The summed E-state index contributed by atoms with van der Waals surface area (Å²) < 4.78 is 0. The van der Waals surface area contributed by atoms with Crippen LogP contribution in [0.3, 0.4) is 0 Å². The molecule has 3 N–H and O–H groups in total. The summed E-state index contributed by atoms with van der Waals surface area (Å²) in [6.07, 6.45) is 1.04. The van der Waals surface area contributed by atoms with E-state index in [1.807, 2.05) is 13.8 Å². The lowest BCUT2D eigenvalue weighted by Crippen LogP contribution is -2.29. The number of nitrogens with one attached hydrogen (secondary N) is 2. The molecule has 1 rings (SSSR count). The minimum absolute atomic E-state index is 0.0637. The number of aliphatic hydroxyl groups is 1. The van der Waals surface area contributed by atoms with Gasteiger partial charge in [-0.05, 0) is 11.5 Å². The number of pyridine rings is 1. The molecule has 0 bridgehead atoms. The minimum atomic E-state index is -0.620. The van der Waals surface area contributed by atoms with Crippen molar-refractivity contribution in [1.29, 1.82) is 0 Å². The van der Waals surface area contributed by atoms with Crippen LogP contribution in [-0.2, 0) is 11.3 Å². The van der Waals surface area contributed by atoms with E-state index in [1.54, 1.807) is 12.3 Å². The van der Waals surface area contributed by atoms with Gasteiger partial charge in [-0.25, -0.2) is 0 Å². The molecule has 0 spiro atoms. The monoisotopic (exact) mass is 238 g/mol. The minimum Gasteiger partial charge on any atom is -0.392 e. The van der Waals surface area contributed by atoms with Gasteiger partial charge in [0.05, 0.1) is 12.5 Å². The maximum atomic E-state index is 11.5. The smallest absolute Gasteiger partial charge is 0.247 e. The molecular weight excluding hydrogens is 220 g/mol. The lowest BCUT2D eigenvalue weighted by molar-refractivity contribution is -0.123. The first-order valence-electron chi connectivity index (χ1n) is 5.61. The Hall–Kier alpha value is -1.62. The summed E-state index contributed by atoms with van der Waals surface area (Å²) in [6.45, 7) is 4.07. The highest BCUT2D eigenvalue weighted by Crippen LogP contribution is 2.05. The molecule has 1 amide bonds. The zero-order valence-electron chi connectivity index (χ0n) is 10.1. The van der Waals surface area contributed by atoms with Crippen molar-refractivity contribution in [3.05, 3.63) is 34.2 Å². The van der Waals surface area contributed by atoms with Crippen LogP contribution in [0.25, 0.3) is 0 Å². The van der Waals surface area contributed by atoms with Gasteiger partial charge in [-0.1, -0.05) is 19.9 Å². The van der Waals surface area contributed by atoms with E-state index >= 15 is 0 Å². The Morgan fingerprint density at radius 2 is 2.18 bits per heavy atom. The van der Waals surface area contributed by atoms with Gasteiger partial charge in [-0.15, -0.1) is 0 Å². The molecule has 0 aliphatic heterocycles. The predicted molar refractivity (Wildman–Crippen MR) is 64.4 cm³/mol. The Labute approximate surface area is 99.9 Å². The first-order valence-corrected chi connectivity index (χ1v) is 5.61. The third-order valence-electron chi connectivity index (χ3n) is 2.50. The molecule has 0 aliphatic carbocycles. The van der Waals surface area contributed by atoms with E-state index in [0.717, 1.165) is 5.56 Å². The van der Waals surface area contributed by atoms with Crippen molar-refractivity contribution in [1.82, 2.24) is 10.3 Å². The Morgan fingerprint density at radius 3 is 2.71 bits per heavy atom. The van der Waals surface area contributed by atoms with Gasteiger partial charge in [0.25, 0.3) is 0 Å². The predicted octanol–water partition coefficient (Wildman–Crippen LogP) is 0.398. The van der Waals surface area contributed by atoms with Crippen LogP contribution in [0.4, 0.5) is 0 Å². The molecular formula is C12H18N2O3. The average molecular weight is 238 g/mol. The van der Waals surface area contributed by atoms with Crippen molar-refractivity contribution in [2.75, 3.05) is 0 Å². The first-order chi connectivity index (χ1) is 7.99. The first kappa shape index (κ1) is 13.4. The fourth-order valence-corrected chi connectivity index (χ4v) is 1.25. The number of hydrogen-bond donors (Lipinski definition) is 3. The lowest BCUT2D eigenvalue weighted by Gasteiger charge is -2.13. The summed E-state index contributed by atoms with van der Waals surface area (Å²) in [5.74, 6) is -0.133. The second kappa shape index (κ2) is 6.20. The van der Waals surface area contributed by atoms with E-state index in [2.05, 4.69) is 10.3 Å². The molecule has 0 saturated carbocycles. The van der Waals surface area contributed by atoms with E-state index < -0.39 is 6.10 Å². The van der Waals surface area contributed by atoms with E-state index in [4.69, 9.17) is 0 Å². The van der Waals surface area contributed by atoms with Crippen LogP contribution in [0.1, 0.15) is 25.8 Å². The summed E-state index contributed by atoms with van der Waals surface area (Å²) in [6, 6.07) is 3.06. The van der Waals surface area contributed by atoms with Crippen LogP contribution in [0.2, 0.25) is 0 Å². The maximum absolute atomic E-state index is 11.5. The number of aromatic amines is 1. The highest BCUT2D eigenvalue weighted by atomic mass is 16.3. The highest BCUT2D eigenvalue weighted by Gasteiger charge is 2.13. The quantitative estimate of drug-likeness (QED) is 0.694. The van der Waals surface area contributed by atoms with Crippen molar-refractivity contribution in [3.8, 4) is 0 Å². The van der Waals surface area contributed by atoms with Crippen molar-refractivity contribution in [2.45, 2.75) is 32.9 Å². The fourth-order valence-electron chi connectivity index (χ4n) is 1.25. The van der Waals surface area contributed by atoms with E-state index in [9.17, 15) is 14.7 Å².